The van der Waals surface area contributed by atoms with Gasteiger partial charge in [0.15, 0.2) is 0 Å². The minimum atomic E-state index is -5.22. The van der Waals surface area contributed by atoms with Crippen LogP contribution in [0, 0.1) is 0 Å². The molecule has 0 radical (unpaired) electrons. The topological polar surface area (TPSA) is 55.2 Å². The van der Waals surface area contributed by atoms with Crippen molar-refractivity contribution in [2.24, 2.45) is 0 Å². The molecule has 2 rings (SSSR count). The van der Waals surface area contributed by atoms with Crippen molar-refractivity contribution in [3.8, 4) is 0 Å². The smallest absolute Gasteiger partial charge is 0.270 e. The first kappa shape index (κ1) is 13.3. The van der Waals surface area contributed by atoms with Crippen LogP contribution in [0.3, 0.4) is 0 Å². The highest BCUT2D eigenvalue weighted by atomic mass is 32.2. The van der Waals surface area contributed by atoms with E-state index in [0.29, 0.717) is 17.1 Å². The van der Waals surface area contributed by atoms with E-state index in [2.05, 4.69) is 5.10 Å². The Morgan fingerprint density at radius 2 is 1.83 bits per heavy atom. The van der Waals surface area contributed by atoms with Crippen LogP contribution < -0.4 is 0 Å². The Labute approximate surface area is 102 Å². The van der Waals surface area contributed by atoms with Crippen LogP contribution in [0.5, 0.6) is 0 Å². The second-order valence-corrected chi connectivity index (χ2v) is 6.00. The van der Waals surface area contributed by atoms with E-state index in [1.54, 1.807) is 23.1 Å². The van der Waals surface area contributed by atoms with Crippen LogP contribution in [0.25, 0.3) is 0 Å². The van der Waals surface area contributed by atoms with E-state index in [-0.39, 0.29) is 19.1 Å². The van der Waals surface area contributed by atoms with Crippen LogP contribution >= 0.6 is 0 Å². The standard InChI is InChI=1S/C9H12F3N3O2S/c10-9(11,12)18(16,17)14-6-2-8(3-7-14)15-5-1-4-13-15/h1,4-5,8H,2-3,6-7H2. The predicted molar refractivity (Wildman–Crippen MR) is 57.0 cm³/mol. The van der Waals surface area contributed by atoms with Crippen molar-refractivity contribution in [3.05, 3.63) is 18.5 Å². The fraction of sp³-hybridized carbons (Fsp3) is 0.667. The van der Waals surface area contributed by atoms with Crippen molar-refractivity contribution < 1.29 is 21.6 Å². The van der Waals surface area contributed by atoms with E-state index in [9.17, 15) is 21.6 Å². The van der Waals surface area contributed by atoms with Crippen LogP contribution in [0.15, 0.2) is 18.5 Å². The van der Waals surface area contributed by atoms with E-state index in [1.165, 1.54) is 0 Å². The maximum Gasteiger partial charge on any atom is 0.511 e. The molecule has 18 heavy (non-hydrogen) atoms. The Bertz CT molecular complexity index is 490. The third-order valence-corrected chi connectivity index (χ3v) is 4.58. The van der Waals surface area contributed by atoms with Crippen LogP contribution in [-0.2, 0) is 10.0 Å². The molecule has 1 aromatic heterocycles. The molecule has 2 heterocycles. The molecule has 9 heteroatoms. The van der Waals surface area contributed by atoms with Crippen molar-refractivity contribution in [3.63, 3.8) is 0 Å². The molecular formula is C9H12F3N3O2S. The van der Waals surface area contributed by atoms with Gasteiger partial charge in [0.05, 0.1) is 6.04 Å². The fourth-order valence-corrected chi connectivity index (χ4v) is 2.97. The van der Waals surface area contributed by atoms with Gasteiger partial charge in [-0.25, -0.2) is 8.42 Å². The van der Waals surface area contributed by atoms with E-state index >= 15 is 0 Å². The number of halogens is 3. The van der Waals surface area contributed by atoms with Gasteiger partial charge in [-0.05, 0) is 18.9 Å². The molecule has 0 bridgehead atoms. The Morgan fingerprint density at radius 1 is 1.22 bits per heavy atom. The van der Waals surface area contributed by atoms with E-state index in [4.69, 9.17) is 0 Å². The minimum Gasteiger partial charge on any atom is -0.270 e. The first-order valence-electron chi connectivity index (χ1n) is 5.38. The molecule has 1 aromatic rings. The summed E-state index contributed by atoms with van der Waals surface area (Å²) >= 11 is 0. The SMILES string of the molecule is O=S(=O)(N1CCC(n2cccn2)CC1)C(F)(F)F. The monoisotopic (exact) mass is 283 g/mol. The molecule has 0 aromatic carbocycles. The normalized spacial score (nSPS) is 20.2. The van der Waals surface area contributed by atoms with Crippen LogP contribution in [-0.4, -0.2) is 41.1 Å². The summed E-state index contributed by atoms with van der Waals surface area (Å²) in [5.41, 5.74) is -5.22. The van der Waals surface area contributed by atoms with Gasteiger partial charge in [-0.1, -0.05) is 0 Å². The zero-order valence-corrected chi connectivity index (χ0v) is 10.2. The second-order valence-electron chi connectivity index (χ2n) is 4.07. The number of rotatable bonds is 2. The van der Waals surface area contributed by atoms with Crippen molar-refractivity contribution in [2.75, 3.05) is 13.1 Å². The summed E-state index contributed by atoms with van der Waals surface area (Å²) in [6.07, 6.45) is 3.96. The molecule has 1 aliphatic rings. The number of hydrogen-bond acceptors (Lipinski definition) is 3. The third kappa shape index (κ3) is 2.37. The molecule has 0 atom stereocenters. The summed E-state index contributed by atoms with van der Waals surface area (Å²) < 4.78 is 61.5. The molecule has 0 unspecified atom stereocenters. The summed E-state index contributed by atoms with van der Waals surface area (Å²) in [6.45, 7) is -0.265. The second kappa shape index (κ2) is 4.54. The van der Waals surface area contributed by atoms with Crippen molar-refractivity contribution in [2.45, 2.75) is 24.4 Å². The summed E-state index contributed by atoms with van der Waals surface area (Å²) in [7, 11) is -5.19. The zero-order valence-electron chi connectivity index (χ0n) is 9.34. The van der Waals surface area contributed by atoms with Gasteiger partial charge >= 0.3 is 15.5 Å². The van der Waals surface area contributed by atoms with Crippen molar-refractivity contribution in [1.29, 1.82) is 0 Å². The molecule has 0 saturated carbocycles. The number of aromatic nitrogens is 2. The number of hydrogen-bond donors (Lipinski definition) is 0. The number of alkyl halides is 3. The Hall–Kier alpha value is -1.09. The first-order chi connectivity index (χ1) is 8.32. The zero-order chi connectivity index (χ0) is 13.4. The highest BCUT2D eigenvalue weighted by molar-refractivity contribution is 7.90. The Kier molecular flexibility index (Phi) is 3.37. The van der Waals surface area contributed by atoms with Gasteiger partial charge in [0.2, 0.25) is 0 Å². The molecule has 5 nitrogen and oxygen atoms in total. The van der Waals surface area contributed by atoms with Crippen LogP contribution in [0.1, 0.15) is 18.9 Å². The van der Waals surface area contributed by atoms with Gasteiger partial charge in [0, 0.05) is 25.5 Å². The van der Waals surface area contributed by atoms with Gasteiger partial charge in [0.1, 0.15) is 0 Å². The highest BCUT2D eigenvalue weighted by Gasteiger charge is 2.50. The Balaban J connectivity index is 2.03. The highest BCUT2D eigenvalue weighted by Crippen LogP contribution is 2.31. The number of nitrogens with zero attached hydrogens (tertiary/aromatic N) is 3. The summed E-state index contributed by atoms with van der Waals surface area (Å²) in [5, 5.41) is 4.00. The van der Waals surface area contributed by atoms with Gasteiger partial charge in [-0.3, -0.25) is 4.68 Å². The summed E-state index contributed by atoms with van der Waals surface area (Å²) in [4.78, 5) is 0. The average Bonchev–Trinajstić information content (AvgIpc) is 2.81. The molecular weight excluding hydrogens is 271 g/mol. The quantitative estimate of drug-likeness (QED) is 0.823. The number of sulfonamides is 1. The lowest BCUT2D eigenvalue weighted by atomic mass is 10.1. The van der Waals surface area contributed by atoms with Crippen LogP contribution in [0.4, 0.5) is 13.2 Å². The lowest BCUT2D eigenvalue weighted by molar-refractivity contribution is -0.0496. The minimum absolute atomic E-state index is 0.0420. The third-order valence-electron chi connectivity index (χ3n) is 2.95. The van der Waals surface area contributed by atoms with E-state index in [0.717, 1.165) is 0 Å². The molecule has 0 N–H and O–H groups in total. The molecule has 0 spiro atoms. The molecule has 0 aliphatic carbocycles. The van der Waals surface area contributed by atoms with Gasteiger partial charge in [0.25, 0.3) is 0 Å². The van der Waals surface area contributed by atoms with Crippen LogP contribution in [0.2, 0.25) is 0 Å². The molecule has 102 valence electrons. The van der Waals surface area contributed by atoms with Crippen molar-refractivity contribution in [1.82, 2.24) is 14.1 Å². The van der Waals surface area contributed by atoms with Gasteiger partial charge in [-0.2, -0.15) is 22.6 Å². The molecule has 0 amide bonds. The summed E-state index contributed by atoms with van der Waals surface area (Å²) in [5.74, 6) is 0. The van der Waals surface area contributed by atoms with E-state index in [1.807, 2.05) is 0 Å². The maximum absolute atomic E-state index is 12.3. The van der Waals surface area contributed by atoms with E-state index < -0.39 is 15.5 Å². The molecule has 1 fully saturated rings. The number of piperidine rings is 1. The largest absolute Gasteiger partial charge is 0.511 e. The van der Waals surface area contributed by atoms with Crippen molar-refractivity contribution >= 4 is 10.0 Å². The predicted octanol–water partition coefficient (Wildman–Crippen LogP) is 1.37. The average molecular weight is 283 g/mol. The molecule has 1 saturated heterocycles. The van der Waals surface area contributed by atoms with Gasteiger partial charge in [-0.15, -0.1) is 0 Å². The molecule has 1 aliphatic heterocycles. The maximum atomic E-state index is 12.3. The fourth-order valence-electron chi connectivity index (χ4n) is 1.99. The lowest BCUT2D eigenvalue weighted by Crippen LogP contribution is -2.45. The first-order valence-corrected chi connectivity index (χ1v) is 6.82. The Morgan fingerprint density at radius 3 is 2.28 bits per heavy atom. The lowest BCUT2D eigenvalue weighted by Gasteiger charge is -2.31. The van der Waals surface area contributed by atoms with Gasteiger partial charge < -0.3 is 0 Å². The summed E-state index contributed by atoms with van der Waals surface area (Å²) in [6, 6.07) is 1.68.